The summed E-state index contributed by atoms with van der Waals surface area (Å²) in [5.41, 5.74) is 5.59. The first kappa shape index (κ1) is 13.3. The van der Waals surface area contributed by atoms with E-state index in [0.29, 0.717) is 5.02 Å². The molecule has 0 aliphatic heterocycles. The molecule has 0 unspecified atom stereocenters. The molecule has 0 aliphatic carbocycles. The van der Waals surface area contributed by atoms with Crippen molar-refractivity contribution in [1.29, 1.82) is 5.41 Å². The van der Waals surface area contributed by atoms with Crippen LogP contribution in [0.25, 0.3) is 0 Å². The zero-order valence-electron chi connectivity index (χ0n) is 9.58. The highest BCUT2D eigenvalue weighted by Gasteiger charge is 2.13. The van der Waals surface area contributed by atoms with Crippen LogP contribution in [0.2, 0.25) is 5.02 Å². The minimum Gasteiger partial charge on any atom is -0.453 e. The van der Waals surface area contributed by atoms with Crippen LogP contribution in [0.4, 0.5) is 8.78 Å². The van der Waals surface area contributed by atoms with Crippen LogP contribution < -0.4 is 10.5 Å². The monoisotopic (exact) mass is 282 g/mol. The van der Waals surface area contributed by atoms with Gasteiger partial charge in [-0.3, -0.25) is 5.41 Å². The van der Waals surface area contributed by atoms with Crippen LogP contribution in [0.5, 0.6) is 11.5 Å². The fourth-order valence-electron chi connectivity index (χ4n) is 1.48. The van der Waals surface area contributed by atoms with Crippen LogP contribution in [0, 0.1) is 17.0 Å². The molecule has 0 radical (unpaired) electrons. The summed E-state index contributed by atoms with van der Waals surface area (Å²) in [4.78, 5) is 0. The Kier molecular flexibility index (Phi) is 3.66. The van der Waals surface area contributed by atoms with Gasteiger partial charge < -0.3 is 10.5 Å². The molecule has 3 nitrogen and oxygen atoms in total. The summed E-state index contributed by atoms with van der Waals surface area (Å²) < 4.78 is 31.8. The minimum atomic E-state index is -1.10. The first-order valence-corrected chi connectivity index (χ1v) is 5.62. The second-order valence-electron chi connectivity index (χ2n) is 3.71. The fraction of sp³-hybridized carbons (Fsp3) is 0. The van der Waals surface area contributed by atoms with E-state index in [-0.39, 0.29) is 22.9 Å². The molecule has 0 heterocycles. The first-order valence-electron chi connectivity index (χ1n) is 5.25. The molecule has 0 atom stereocenters. The molecule has 0 amide bonds. The predicted molar refractivity (Wildman–Crippen MR) is 68.9 cm³/mol. The van der Waals surface area contributed by atoms with Gasteiger partial charge in [-0.1, -0.05) is 17.7 Å². The lowest BCUT2D eigenvalue weighted by Gasteiger charge is -2.11. The van der Waals surface area contributed by atoms with E-state index < -0.39 is 11.6 Å². The number of rotatable bonds is 3. The maximum absolute atomic E-state index is 13.5. The SMILES string of the molecule is N=C(N)c1cc(Cl)ccc1Oc1cccc(F)c1F. The maximum Gasteiger partial charge on any atom is 0.201 e. The molecule has 2 aromatic rings. The maximum atomic E-state index is 13.5. The van der Waals surface area contributed by atoms with E-state index in [0.717, 1.165) is 6.07 Å². The molecule has 0 bridgehead atoms. The number of hydrogen-bond donors (Lipinski definition) is 2. The highest BCUT2D eigenvalue weighted by atomic mass is 35.5. The molecule has 0 saturated carbocycles. The molecule has 0 aromatic heterocycles. The third-order valence-electron chi connectivity index (χ3n) is 2.37. The highest BCUT2D eigenvalue weighted by molar-refractivity contribution is 6.31. The van der Waals surface area contributed by atoms with Gasteiger partial charge in [-0.15, -0.1) is 0 Å². The largest absolute Gasteiger partial charge is 0.453 e. The van der Waals surface area contributed by atoms with Gasteiger partial charge in [0.05, 0.1) is 5.56 Å². The summed E-state index contributed by atoms with van der Waals surface area (Å²) in [5, 5.41) is 7.76. The van der Waals surface area contributed by atoms with E-state index >= 15 is 0 Å². The van der Waals surface area contributed by atoms with Gasteiger partial charge in [0.15, 0.2) is 11.6 Å². The molecule has 0 saturated heterocycles. The van der Waals surface area contributed by atoms with Crippen LogP contribution in [-0.2, 0) is 0 Å². The molecule has 3 N–H and O–H groups in total. The van der Waals surface area contributed by atoms with Crippen LogP contribution in [-0.4, -0.2) is 5.84 Å². The van der Waals surface area contributed by atoms with E-state index in [4.69, 9.17) is 27.5 Å². The molecular weight excluding hydrogens is 274 g/mol. The number of hydrogen-bond acceptors (Lipinski definition) is 2. The van der Waals surface area contributed by atoms with Crippen LogP contribution >= 0.6 is 11.6 Å². The van der Waals surface area contributed by atoms with Gasteiger partial charge in [-0.25, -0.2) is 4.39 Å². The van der Waals surface area contributed by atoms with E-state index in [1.807, 2.05) is 0 Å². The van der Waals surface area contributed by atoms with Crippen molar-refractivity contribution in [2.75, 3.05) is 0 Å². The number of benzene rings is 2. The average Bonchev–Trinajstić information content (AvgIpc) is 2.36. The van der Waals surface area contributed by atoms with Crippen molar-refractivity contribution in [2.45, 2.75) is 0 Å². The Morgan fingerprint density at radius 3 is 2.58 bits per heavy atom. The smallest absolute Gasteiger partial charge is 0.201 e. The van der Waals surface area contributed by atoms with Crippen molar-refractivity contribution in [3.8, 4) is 11.5 Å². The number of nitrogens with two attached hydrogens (primary N) is 1. The molecule has 0 spiro atoms. The van der Waals surface area contributed by atoms with Gasteiger partial charge in [0.1, 0.15) is 11.6 Å². The third-order valence-corrected chi connectivity index (χ3v) is 2.60. The van der Waals surface area contributed by atoms with Crippen molar-refractivity contribution in [3.63, 3.8) is 0 Å². The van der Waals surface area contributed by atoms with Crippen molar-refractivity contribution in [2.24, 2.45) is 5.73 Å². The Morgan fingerprint density at radius 1 is 1.16 bits per heavy atom. The number of nitrogen functional groups attached to an aromatic ring is 1. The average molecular weight is 283 g/mol. The van der Waals surface area contributed by atoms with E-state index in [9.17, 15) is 8.78 Å². The lowest BCUT2D eigenvalue weighted by Crippen LogP contribution is -2.12. The second kappa shape index (κ2) is 5.24. The van der Waals surface area contributed by atoms with Crippen LogP contribution in [0.1, 0.15) is 5.56 Å². The summed E-state index contributed by atoms with van der Waals surface area (Å²) in [6.07, 6.45) is 0. The Labute approximate surface area is 113 Å². The summed E-state index contributed by atoms with van der Waals surface area (Å²) in [6, 6.07) is 7.92. The quantitative estimate of drug-likeness (QED) is 0.666. The zero-order chi connectivity index (χ0) is 14.0. The standard InChI is InChI=1S/C13H9ClF2N2O/c14-7-4-5-10(8(6-7)13(17)18)19-11-3-1-2-9(15)12(11)16/h1-6H,(H3,17,18). The van der Waals surface area contributed by atoms with Gasteiger partial charge >= 0.3 is 0 Å². The van der Waals surface area contributed by atoms with E-state index in [2.05, 4.69) is 0 Å². The number of nitrogens with one attached hydrogen (secondary N) is 1. The first-order chi connectivity index (χ1) is 8.99. The number of ether oxygens (including phenoxy) is 1. The Hall–Kier alpha value is -2.14. The van der Waals surface area contributed by atoms with E-state index in [1.54, 1.807) is 0 Å². The summed E-state index contributed by atoms with van der Waals surface area (Å²) in [5.74, 6) is -2.57. The molecule has 19 heavy (non-hydrogen) atoms. The molecule has 0 aliphatic rings. The highest BCUT2D eigenvalue weighted by Crippen LogP contribution is 2.30. The second-order valence-corrected chi connectivity index (χ2v) is 4.14. The number of halogens is 3. The van der Waals surface area contributed by atoms with Gasteiger partial charge in [-0.2, -0.15) is 4.39 Å². The summed E-state index contributed by atoms with van der Waals surface area (Å²) in [6.45, 7) is 0. The van der Waals surface area contributed by atoms with Crippen molar-refractivity contribution in [3.05, 3.63) is 58.6 Å². The fourth-order valence-corrected chi connectivity index (χ4v) is 1.66. The van der Waals surface area contributed by atoms with Crippen molar-refractivity contribution >= 4 is 17.4 Å². The Bertz CT molecular complexity index is 647. The zero-order valence-corrected chi connectivity index (χ0v) is 10.3. The third kappa shape index (κ3) is 2.82. The Balaban J connectivity index is 2.44. The summed E-state index contributed by atoms with van der Waals surface area (Å²) >= 11 is 5.78. The summed E-state index contributed by atoms with van der Waals surface area (Å²) in [7, 11) is 0. The van der Waals surface area contributed by atoms with Gasteiger partial charge in [0, 0.05) is 5.02 Å². The molecule has 2 aromatic carbocycles. The molecule has 6 heteroatoms. The lowest BCUT2D eigenvalue weighted by molar-refractivity contribution is 0.415. The van der Waals surface area contributed by atoms with Gasteiger partial charge in [0.2, 0.25) is 5.82 Å². The molecule has 0 fully saturated rings. The normalized spacial score (nSPS) is 10.3. The van der Waals surface area contributed by atoms with Crippen molar-refractivity contribution in [1.82, 2.24) is 0 Å². The van der Waals surface area contributed by atoms with Gasteiger partial charge in [0.25, 0.3) is 0 Å². The predicted octanol–water partition coefficient (Wildman–Crippen LogP) is 3.69. The lowest BCUT2D eigenvalue weighted by atomic mass is 10.2. The number of amidine groups is 1. The molecular formula is C13H9ClF2N2O. The van der Waals surface area contributed by atoms with Crippen LogP contribution in [0.15, 0.2) is 36.4 Å². The minimum absolute atomic E-state index is 0.126. The van der Waals surface area contributed by atoms with Crippen LogP contribution in [0.3, 0.4) is 0 Å². The molecule has 98 valence electrons. The topological polar surface area (TPSA) is 59.1 Å². The Morgan fingerprint density at radius 2 is 1.89 bits per heavy atom. The van der Waals surface area contributed by atoms with Gasteiger partial charge in [-0.05, 0) is 30.3 Å². The van der Waals surface area contributed by atoms with Crippen molar-refractivity contribution < 1.29 is 13.5 Å². The van der Waals surface area contributed by atoms with E-state index in [1.165, 1.54) is 30.3 Å². The molecule has 2 rings (SSSR count).